The maximum Gasteiger partial charge on any atom is 0.253 e. The molecule has 1 N–H and O–H groups in total. The molecule has 7 heteroatoms. The Kier molecular flexibility index (Phi) is 5.69. The van der Waals surface area contributed by atoms with Crippen LogP contribution in [0, 0.1) is 19.8 Å². The Hall–Kier alpha value is -2.60. The van der Waals surface area contributed by atoms with Gasteiger partial charge in [0.25, 0.3) is 5.91 Å². The number of aromatic nitrogens is 3. The van der Waals surface area contributed by atoms with Crippen molar-refractivity contribution in [1.29, 1.82) is 0 Å². The molecule has 0 bridgehead atoms. The molecule has 4 rings (SSSR count). The first-order valence-electron chi connectivity index (χ1n) is 10.5. The number of aryl methyl sites for hydroxylation is 2. The summed E-state index contributed by atoms with van der Waals surface area (Å²) < 4.78 is 1.88. The van der Waals surface area contributed by atoms with Crippen molar-refractivity contribution >= 4 is 34.2 Å². The number of carbonyl (C=O) groups excluding carboxylic acids is 1. The molecule has 1 amide bonds. The molecule has 0 saturated carbocycles. The SMILES string of the molecule is Cc1ccc(Cl)cc1N1CCC(CNC(=O)c2cc3cnn(C(C)C)c3nc2C)C1. The van der Waals surface area contributed by atoms with E-state index in [9.17, 15) is 4.79 Å². The lowest BCUT2D eigenvalue weighted by molar-refractivity contribution is 0.0947. The molecule has 0 spiro atoms. The molecule has 1 atom stereocenters. The average Bonchev–Trinajstić information content (AvgIpc) is 3.34. The smallest absolute Gasteiger partial charge is 0.253 e. The third-order valence-corrected chi connectivity index (χ3v) is 6.08. The minimum Gasteiger partial charge on any atom is -0.371 e. The molecule has 3 aromatic rings. The first-order valence-corrected chi connectivity index (χ1v) is 10.9. The van der Waals surface area contributed by atoms with Gasteiger partial charge in [0.05, 0.1) is 17.5 Å². The van der Waals surface area contributed by atoms with E-state index in [-0.39, 0.29) is 11.9 Å². The highest BCUT2D eigenvalue weighted by molar-refractivity contribution is 6.30. The Bertz CT molecular complexity index is 1090. The molecule has 1 aliphatic rings. The van der Waals surface area contributed by atoms with Crippen LogP contribution < -0.4 is 10.2 Å². The van der Waals surface area contributed by atoms with Gasteiger partial charge in [-0.15, -0.1) is 0 Å². The van der Waals surface area contributed by atoms with Crippen molar-refractivity contribution in [2.45, 2.75) is 40.2 Å². The third kappa shape index (κ3) is 4.01. The Morgan fingerprint density at radius 2 is 2.10 bits per heavy atom. The normalized spacial score (nSPS) is 16.6. The first kappa shape index (κ1) is 20.7. The van der Waals surface area contributed by atoms with Crippen LogP contribution in [-0.2, 0) is 0 Å². The monoisotopic (exact) mass is 425 g/mol. The molecular formula is C23H28ClN5O. The van der Waals surface area contributed by atoms with Gasteiger partial charge in [0.15, 0.2) is 5.65 Å². The van der Waals surface area contributed by atoms with E-state index >= 15 is 0 Å². The number of nitrogens with zero attached hydrogens (tertiary/aromatic N) is 4. The fourth-order valence-electron chi connectivity index (χ4n) is 4.15. The molecule has 2 aromatic heterocycles. The van der Waals surface area contributed by atoms with Crippen LogP contribution in [0.4, 0.5) is 5.69 Å². The summed E-state index contributed by atoms with van der Waals surface area (Å²) in [5.74, 6) is 0.338. The van der Waals surface area contributed by atoms with Gasteiger partial charge in [-0.1, -0.05) is 17.7 Å². The number of rotatable bonds is 5. The van der Waals surface area contributed by atoms with Gasteiger partial charge in [-0.05, 0) is 63.8 Å². The van der Waals surface area contributed by atoms with Crippen LogP contribution in [-0.4, -0.2) is 40.3 Å². The lowest BCUT2D eigenvalue weighted by Crippen LogP contribution is -2.31. The number of hydrogen-bond donors (Lipinski definition) is 1. The van der Waals surface area contributed by atoms with Crippen molar-refractivity contribution in [2.24, 2.45) is 5.92 Å². The maximum absolute atomic E-state index is 12.8. The van der Waals surface area contributed by atoms with E-state index in [1.165, 1.54) is 11.3 Å². The molecule has 1 aromatic carbocycles. The zero-order valence-corrected chi connectivity index (χ0v) is 18.7. The number of amides is 1. The van der Waals surface area contributed by atoms with Gasteiger partial charge in [0, 0.05) is 41.8 Å². The second-order valence-corrected chi connectivity index (χ2v) is 8.90. The maximum atomic E-state index is 12.8. The number of hydrogen-bond acceptors (Lipinski definition) is 4. The topological polar surface area (TPSA) is 63.1 Å². The quantitative estimate of drug-likeness (QED) is 0.651. The van der Waals surface area contributed by atoms with E-state index in [0.29, 0.717) is 18.0 Å². The van der Waals surface area contributed by atoms with Crippen molar-refractivity contribution < 1.29 is 4.79 Å². The molecule has 30 heavy (non-hydrogen) atoms. The largest absolute Gasteiger partial charge is 0.371 e. The molecule has 1 unspecified atom stereocenters. The zero-order chi connectivity index (χ0) is 21.4. The summed E-state index contributed by atoms with van der Waals surface area (Å²) in [4.78, 5) is 19.9. The number of carbonyl (C=O) groups is 1. The van der Waals surface area contributed by atoms with Gasteiger partial charge in [-0.2, -0.15) is 5.10 Å². The number of pyridine rings is 1. The molecule has 6 nitrogen and oxygen atoms in total. The van der Waals surface area contributed by atoms with Crippen molar-refractivity contribution in [1.82, 2.24) is 20.1 Å². The van der Waals surface area contributed by atoms with Gasteiger partial charge in [-0.3, -0.25) is 4.79 Å². The summed E-state index contributed by atoms with van der Waals surface area (Å²) in [5, 5.41) is 9.17. The van der Waals surface area contributed by atoms with E-state index in [1.807, 2.05) is 29.8 Å². The minimum atomic E-state index is -0.0726. The molecule has 1 fully saturated rings. The van der Waals surface area contributed by atoms with Crippen LogP contribution >= 0.6 is 11.6 Å². The predicted molar refractivity (Wildman–Crippen MR) is 121 cm³/mol. The molecule has 1 aliphatic heterocycles. The van der Waals surface area contributed by atoms with E-state index in [0.717, 1.165) is 41.3 Å². The third-order valence-electron chi connectivity index (χ3n) is 5.84. The second kappa shape index (κ2) is 8.26. The molecule has 158 valence electrons. The van der Waals surface area contributed by atoms with Crippen LogP contribution in [0.25, 0.3) is 11.0 Å². The standard InChI is InChI=1S/C23H28ClN5O/c1-14(2)29-22-18(12-26-29)9-20(16(4)27-22)23(30)25-11-17-7-8-28(13-17)21-10-19(24)6-5-15(21)3/h5-6,9-10,12,14,17H,7-8,11,13H2,1-4H3,(H,25,30). The van der Waals surface area contributed by atoms with Gasteiger partial charge < -0.3 is 10.2 Å². The highest BCUT2D eigenvalue weighted by atomic mass is 35.5. The lowest BCUT2D eigenvalue weighted by atomic mass is 10.1. The summed E-state index contributed by atoms with van der Waals surface area (Å²) >= 11 is 6.18. The van der Waals surface area contributed by atoms with Crippen LogP contribution in [0.2, 0.25) is 5.02 Å². The summed E-state index contributed by atoms with van der Waals surface area (Å²) in [6, 6.07) is 8.13. The summed E-state index contributed by atoms with van der Waals surface area (Å²) in [7, 11) is 0. The van der Waals surface area contributed by atoms with Crippen molar-refractivity contribution in [3.63, 3.8) is 0 Å². The van der Waals surface area contributed by atoms with Gasteiger partial charge in [0.1, 0.15) is 0 Å². The van der Waals surface area contributed by atoms with E-state index in [2.05, 4.69) is 47.1 Å². The number of benzene rings is 1. The van der Waals surface area contributed by atoms with Crippen LogP contribution in [0.15, 0.2) is 30.5 Å². The number of anilines is 1. The zero-order valence-electron chi connectivity index (χ0n) is 17.9. The van der Waals surface area contributed by atoms with Crippen LogP contribution in [0.5, 0.6) is 0 Å². The molecular weight excluding hydrogens is 398 g/mol. The van der Waals surface area contributed by atoms with Gasteiger partial charge in [0.2, 0.25) is 0 Å². The van der Waals surface area contributed by atoms with Gasteiger partial charge >= 0.3 is 0 Å². The minimum absolute atomic E-state index is 0.0726. The molecule has 0 aliphatic carbocycles. The lowest BCUT2D eigenvalue weighted by Gasteiger charge is -2.21. The molecule has 1 saturated heterocycles. The number of halogens is 1. The fraction of sp³-hybridized carbons (Fsp3) is 0.435. The summed E-state index contributed by atoms with van der Waals surface area (Å²) in [5.41, 5.74) is 4.57. The molecule has 0 radical (unpaired) electrons. The Morgan fingerprint density at radius 3 is 2.87 bits per heavy atom. The van der Waals surface area contributed by atoms with Gasteiger partial charge in [-0.25, -0.2) is 9.67 Å². The highest BCUT2D eigenvalue weighted by Crippen LogP contribution is 2.29. The Balaban J connectivity index is 1.42. The van der Waals surface area contributed by atoms with Crippen molar-refractivity contribution in [2.75, 3.05) is 24.5 Å². The Morgan fingerprint density at radius 1 is 1.30 bits per heavy atom. The van der Waals surface area contributed by atoms with Crippen LogP contribution in [0.1, 0.15) is 47.9 Å². The van der Waals surface area contributed by atoms with Crippen molar-refractivity contribution in [3.8, 4) is 0 Å². The van der Waals surface area contributed by atoms with Crippen molar-refractivity contribution in [3.05, 3.63) is 52.3 Å². The predicted octanol–water partition coefficient (Wildman–Crippen LogP) is 4.54. The number of fused-ring (bicyclic) bond motifs is 1. The van der Waals surface area contributed by atoms with E-state index < -0.39 is 0 Å². The molecule has 3 heterocycles. The van der Waals surface area contributed by atoms with Crippen LogP contribution in [0.3, 0.4) is 0 Å². The fourth-order valence-corrected chi connectivity index (χ4v) is 4.31. The summed E-state index contributed by atoms with van der Waals surface area (Å²) in [6.07, 6.45) is 2.82. The van der Waals surface area contributed by atoms with E-state index in [1.54, 1.807) is 6.20 Å². The average molecular weight is 426 g/mol. The highest BCUT2D eigenvalue weighted by Gasteiger charge is 2.25. The first-order chi connectivity index (χ1) is 14.3. The number of nitrogens with one attached hydrogen (secondary N) is 1. The second-order valence-electron chi connectivity index (χ2n) is 8.46. The summed E-state index contributed by atoms with van der Waals surface area (Å²) in [6.45, 7) is 10.7. The van der Waals surface area contributed by atoms with E-state index in [4.69, 9.17) is 11.6 Å². The Labute approximate surface area is 182 Å².